The average Bonchev–Trinajstić information content (AvgIpc) is 2.74. The molecule has 1 aromatic rings. The molecule has 0 fully saturated rings. The molecule has 0 saturated heterocycles. The molecule has 0 aromatic heterocycles. The Morgan fingerprint density at radius 1 is 1.29 bits per heavy atom. The number of nitrogens with two attached hydrogens (primary N) is 1. The molecule has 0 aliphatic heterocycles. The largest absolute Gasteiger partial charge is 0.444 e. The number of unbranched alkanes of at least 4 members (excludes halogenated alkanes) is 1. The number of rotatable bonds is 11. The van der Waals surface area contributed by atoms with Gasteiger partial charge in [0.15, 0.2) is 0 Å². The van der Waals surface area contributed by atoms with Gasteiger partial charge in [0.2, 0.25) is 11.8 Å². The molecule has 0 spiro atoms. The predicted octanol–water partition coefficient (Wildman–Crippen LogP) is 2.47. The fourth-order valence-corrected chi connectivity index (χ4v) is 3.04. The van der Waals surface area contributed by atoms with Gasteiger partial charge in [-0.2, -0.15) is 0 Å². The quantitative estimate of drug-likeness (QED) is 0.260. The molecule has 1 aromatic carbocycles. The normalized spacial score (nSPS) is 12.4. The van der Waals surface area contributed by atoms with Crippen LogP contribution in [0, 0.1) is 12.5 Å². The third kappa shape index (κ3) is 8.98. The van der Waals surface area contributed by atoms with Crippen LogP contribution in [0.15, 0.2) is 30.8 Å². The summed E-state index contributed by atoms with van der Waals surface area (Å²) in [5.74, 6) is -2.20. The molecule has 0 radical (unpaired) electrons. The van der Waals surface area contributed by atoms with Crippen LogP contribution in [0.3, 0.4) is 0 Å². The van der Waals surface area contributed by atoms with Gasteiger partial charge in [-0.25, -0.2) is 4.79 Å². The maximum atomic E-state index is 13.4. The lowest BCUT2D eigenvalue weighted by Gasteiger charge is -2.30. The van der Waals surface area contributed by atoms with Crippen molar-refractivity contribution in [1.82, 2.24) is 15.5 Å². The summed E-state index contributed by atoms with van der Waals surface area (Å²) < 4.78 is 5.19. The van der Waals surface area contributed by atoms with E-state index < -0.39 is 47.9 Å². The number of carbonyl (C=O) groups excluding carboxylic acids is 4. The molecule has 2 atom stereocenters. The second kappa shape index (κ2) is 13.0. The third-order valence-corrected chi connectivity index (χ3v) is 4.57. The summed E-state index contributed by atoms with van der Waals surface area (Å²) in [6, 6.07) is 6.41. The lowest BCUT2D eigenvalue weighted by atomic mass is 10.0. The number of nitrogens with one attached hydrogen (secondary N) is 2. The molecule has 1 rings (SSSR count). The van der Waals surface area contributed by atoms with Crippen LogP contribution >= 0.6 is 0 Å². The summed E-state index contributed by atoms with van der Waals surface area (Å²) in [6.07, 6.45) is 7.39. The number of primary amides is 1. The van der Waals surface area contributed by atoms with Gasteiger partial charge in [0, 0.05) is 12.6 Å². The van der Waals surface area contributed by atoms with Crippen molar-refractivity contribution in [2.24, 2.45) is 5.73 Å². The minimum atomic E-state index is -1.43. The molecule has 0 aliphatic carbocycles. The number of hydrogen-bond donors (Lipinski definition) is 3. The van der Waals surface area contributed by atoms with Crippen molar-refractivity contribution < 1.29 is 23.9 Å². The molecule has 184 valence electrons. The maximum Gasteiger partial charge on any atom is 0.408 e. The second-order valence-corrected chi connectivity index (χ2v) is 8.63. The first-order chi connectivity index (χ1) is 15.9. The topological polar surface area (TPSA) is 131 Å². The van der Waals surface area contributed by atoms with Crippen molar-refractivity contribution in [3.8, 4) is 12.5 Å². The fourth-order valence-electron chi connectivity index (χ4n) is 3.04. The lowest BCUT2D eigenvalue weighted by molar-refractivity contribution is -0.139. The zero-order chi connectivity index (χ0) is 25.9. The van der Waals surface area contributed by atoms with E-state index in [9.17, 15) is 19.2 Å². The Morgan fingerprint density at radius 3 is 2.50 bits per heavy atom. The smallest absolute Gasteiger partial charge is 0.408 e. The van der Waals surface area contributed by atoms with Crippen molar-refractivity contribution in [1.29, 1.82) is 0 Å². The van der Waals surface area contributed by atoms with E-state index in [2.05, 4.69) is 23.3 Å². The lowest BCUT2D eigenvalue weighted by Crippen LogP contribution is -2.52. The number of hydrogen-bond acceptors (Lipinski definition) is 5. The monoisotopic (exact) mass is 470 g/mol. The molecular formula is C25H34N4O5. The molecule has 9 heteroatoms. The predicted molar refractivity (Wildman–Crippen MR) is 130 cm³/mol. The first-order valence-corrected chi connectivity index (χ1v) is 11.0. The zero-order valence-electron chi connectivity index (χ0n) is 20.2. The number of alkyl carbamates (subject to hydrolysis) is 1. The Labute approximate surface area is 201 Å². The SMILES string of the molecule is C#CN(C(=O)C(CC(N)=O)NC(=O)OC(C)(C)C)C(C(=O)NCCCC)c1cccc(C=C)c1. The molecule has 4 amide bonds. The van der Waals surface area contributed by atoms with Crippen molar-refractivity contribution in [2.75, 3.05) is 6.54 Å². The summed E-state index contributed by atoms with van der Waals surface area (Å²) >= 11 is 0. The molecule has 9 nitrogen and oxygen atoms in total. The van der Waals surface area contributed by atoms with E-state index in [1.165, 1.54) is 0 Å². The molecule has 0 saturated carbocycles. The van der Waals surface area contributed by atoms with Crippen LogP contribution in [0.25, 0.3) is 6.08 Å². The minimum Gasteiger partial charge on any atom is -0.444 e. The van der Waals surface area contributed by atoms with Gasteiger partial charge in [-0.05, 0) is 44.4 Å². The highest BCUT2D eigenvalue weighted by molar-refractivity contribution is 5.95. The third-order valence-electron chi connectivity index (χ3n) is 4.57. The highest BCUT2D eigenvalue weighted by Crippen LogP contribution is 2.24. The first-order valence-electron chi connectivity index (χ1n) is 11.0. The minimum absolute atomic E-state index is 0.389. The zero-order valence-corrected chi connectivity index (χ0v) is 20.2. The Bertz CT molecular complexity index is 945. The fraction of sp³-hybridized carbons (Fsp3) is 0.440. The molecule has 4 N–H and O–H groups in total. The van der Waals surface area contributed by atoms with E-state index in [4.69, 9.17) is 16.9 Å². The number of nitrogens with zero attached hydrogens (tertiary/aromatic N) is 1. The average molecular weight is 471 g/mol. The Balaban J connectivity index is 3.38. The van der Waals surface area contributed by atoms with Crippen molar-refractivity contribution in [3.05, 3.63) is 42.0 Å². The first kappa shape index (κ1) is 28.2. The van der Waals surface area contributed by atoms with E-state index in [1.807, 2.05) is 6.92 Å². The summed E-state index contributed by atoms with van der Waals surface area (Å²) in [5, 5.41) is 5.13. The van der Waals surface area contributed by atoms with Gasteiger partial charge in [-0.15, -0.1) is 0 Å². The van der Waals surface area contributed by atoms with Crippen LogP contribution in [0.4, 0.5) is 4.79 Å². The van der Waals surface area contributed by atoms with Gasteiger partial charge in [0.1, 0.15) is 17.7 Å². The number of amides is 4. The van der Waals surface area contributed by atoms with E-state index in [-0.39, 0.29) is 0 Å². The molecule has 2 unspecified atom stereocenters. The summed E-state index contributed by atoms with van der Waals surface area (Å²) in [4.78, 5) is 51.4. The number of benzene rings is 1. The number of ether oxygens (including phenoxy) is 1. The Kier molecular flexibility index (Phi) is 10.8. The van der Waals surface area contributed by atoms with Crippen LogP contribution in [0.5, 0.6) is 0 Å². The summed E-state index contributed by atoms with van der Waals surface area (Å²) in [7, 11) is 0. The Morgan fingerprint density at radius 2 is 1.97 bits per heavy atom. The van der Waals surface area contributed by atoms with E-state index in [0.29, 0.717) is 17.7 Å². The maximum absolute atomic E-state index is 13.4. The number of terminal acetylenes is 1. The van der Waals surface area contributed by atoms with Gasteiger partial charge in [0.25, 0.3) is 5.91 Å². The molecule has 0 bridgehead atoms. The summed E-state index contributed by atoms with van der Waals surface area (Å²) in [6.45, 7) is 11.0. The van der Waals surface area contributed by atoms with Crippen LogP contribution < -0.4 is 16.4 Å². The highest BCUT2D eigenvalue weighted by atomic mass is 16.6. The van der Waals surface area contributed by atoms with Crippen molar-refractivity contribution >= 4 is 29.9 Å². The molecular weight excluding hydrogens is 436 g/mol. The molecule has 0 aliphatic rings. The van der Waals surface area contributed by atoms with Crippen LogP contribution in [-0.2, 0) is 19.1 Å². The van der Waals surface area contributed by atoms with Crippen molar-refractivity contribution in [3.63, 3.8) is 0 Å². The summed E-state index contributed by atoms with van der Waals surface area (Å²) in [5.41, 5.74) is 5.61. The van der Waals surface area contributed by atoms with Gasteiger partial charge < -0.3 is 21.1 Å². The molecule has 0 heterocycles. The van der Waals surface area contributed by atoms with Crippen molar-refractivity contribution in [2.45, 2.75) is 64.6 Å². The van der Waals surface area contributed by atoms with Gasteiger partial charge in [-0.3, -0.25) is 19.3 Å². The Hall–Kier alpha value is -3.80. The van der Waals surface area contributed by atoms with Gasteiger partial charge in [-0.1, -0.05) is 50.6 Å². The van der Waals surface area contributed by atoms with E-state index >= 15 is 0 Å². The van der Waals surface area contributed by atoms with E-state index in [0.717, 1.165) is 17.7 Å². The number of carbonyl (C=O) groups is 4. The van der Waals surface area contributed by atoms with Crippen LogP contribution in [0.1, 0.15) is 64.1 Å². The van der Waals surface area contributed by atoms with Gasteiger partial charge in [0.05, 0.1) is 6.42 Å². The van der Waals surface area contributed by atoms with Gasteiger partial charge >= 0.3 is 6.09 Å². The van der Waals surface area contributed by atoms with E-state index in [1.54, 1.807) is 51.1 Å². The van der Waals surface area contributed by atoms with Crippen LogP contribution in [-0.4, -0.2) is 46.9 Å². The van der Waals surface area contributed by atoms with Crippen LogP contribution in [0.2, 0.25) is 0 Å². The molecule has 34 heavy (non-hydrogen) atoms. The second-order valence-electron chi connectivity index (χ2n) is 8.63. The standard InChI is InChI=1S/C25H34N4O5/c1-7-10-14-27-22(31)21(18-13-11-12-17(8-2)15-18)29(9-3)23(32)19(16-20(26)30)28-24(33)34-25(4,5)6/h3,8,11-13,15,19,21H,2,7,10,14,16H2,1,4-6H3,(H2,26,30)(H,27,31)(H,28,33). The highest BCUT2D eigenvalue weighted by Gasteiger charge is 2.36.